The molecule has 14 aromatic rings. The van der Waals surface area contributed by atoms with Crippen molar-refractivity contribution >= 4 is 56.5 Å². The van der Waals surface area contributed by atoms with Gasteiger partial charge in [0.15, 0.2) is 0 Å². The van der Waals surface area contributed by atoms with Crippen molar-refractivity contribution in [3.8, 4) is 67.3 Å². The van der Waals surface area contributed by atoms with E-state index in [4.69, 9.17) is 19.9 Å². The van der Waals surface area contributed by atoms with Gasteiger partial charge in [0.05, 0.1) is 33.8 Å². The number of hydrogen-bond donors (Lipinski definition) is 0. The van der Waals surface area contributed by atoms with E-state index < -0.39 is 0 Å². The Morgan fingerprint density at radius 1 is 0.301 bits per heavy atom. The average molecular weight is 1070 g/mol. The molecule has 0 radical (unpaired) electrons. The second-order valence-corrected chi connectivity index (χ2v) is 21.6. The highest BCUT2D eigenvalue weighted by Gasteiger charge is 2.22. The Balaban J connectivity index is 0.899. The van der Waals surface area contributed by atoms with Crippen LogP contribution in [0.2, 0.25) is 0 Å². The number of aromatic nitrogens is 6. The molecule has 0 N–H and O–H groups in total. The van der Waals surface area contributed by atoms with Crippen LogP contribution in [-0.2, 0) is 0 Å². The second-order valence-electron chi connectivity index (χ2n) is 21.6. The van der Waals surface area contributed by atoms with Gasteiger partial charge in [0.2, 0.25) is 0 Å². The second kappa shape index (κ2) is 21.1. The van der Waals surface area contributed by atoms with Crippen molar-refractivity contribution in [2.75, 3.05) is 9.80 Å². The minimum absolute atomic E-state index is 0.796. The lowest BCUT2D eigenvalue weighted by molar-refractivity contribution is 1.19. The van der Waals surface area contributed by atoms with Crippen molar-refractivity contribution < 1.29 is 0 Å². The van der Waals surface area contributed by atoms with Crippen LogP contribution in [0.15, 0.2) is 261 Å². The summed E-state index contributed by atoms with van der Waals surface area (Å²) in [6.45, 7) is 11.0. The summed E-state index contributed by atoms with van der Waals surface area (Å²) in [5.41, 5.74) is 28.0. The summed E-state index contributed by atoms with van der Waals surface area (Å²) in [5.74, 6) is 0. The number of hydrogen-bond acceptors (Lipinski definition) is 6. The van der Waals surface area contributed by atoms with Crippen LogP contribution in [0, 0.1) is 34.6 Å². The lowest BCUT2D eigenvalue weighted by Crippen LogP contribution is -2.10. The summed E-state index contributed by atoms with van der Waals surface area (Å²) in [7, 11) is 0. The van der Waals surface area contributed by atoms with Gasteiger partial charge in [-0.25, -0.2) is 19.9 Å². The van der Waals surface area contributed by atoms with Crippen molar-refractivity contribution in [3.63, 3.8) is 0 Å². The average Bonchev–Trinajstić information content (AvgIpc) is 4.23. The fourth-order valence-corrected chi connectivity index (χ4v) is 12.0. The monoisotopic (exact) mass is 1070 g/mol. The molecule has 14 rings (SSSR count). The minimum Gasteiger partial charge on any atom is -0.311 e. The predicted molar refractivity (Wildman–Crippen MR) is 343 cm³/mol. The molecular formula is C75H58N8. The number of nitrogens with zero attached hydrogens (tertiary/aromatic N) is 8. The predicted octanol–water partition coefficient (Wildman–Crippen LogP) is 19.4. The molecule has 0 aliphatic carbocycles. The summed E-state index contributed by atoms with van der Waals surface area (Å²) in [6, 6.07) is 83.9. The fourth-order valence-electron chi connectivity index (χ4n) is 12.0. The summed E-state index contributed by atoms with van der Waals surface area (Å²) >= 11 is 0. The summed E-state index contributed by atoms with van der Waals surface area (Å²) in [5, 5.41) is 0. The van der Waals surface area contributed by atoms with Crippen molar-refractivity contribution in [2.24, 2.45) is 0 Å². The highest BCUT2D eigenvalue weighted by molar-refractivity contribution is 5.98. The highest BCUT2D eigenvalue weighted by atomic mass is 15.1. The SMILES string of the molecule is Cc1ccc(-c2cc3nc(-c4ccc(N(c5ccccc5)c5ccc(-c6cn7ccccc7n6)cc5)cc4)c(-c4ccc(N(c5ccccc5)c5ccc(-c6cn7ccccc7n6)cc5)cc4)nc3cc2-c2c(C)cc(C)cc2C)c(C)c1. The number of rotatable bonds is 12. The number of anilines is 6. The van der Waals surface area contributed by atoms with E-state index >= 15 is 0 Å². The van der Waals surface area contributed by atoms with E-state index in [2.05, 4.69) is 266 Å². The van der Waals surface area contributed by atoms with Crippen LogP contribution in [-0.4, -0.2) is 28.7 Å². The van der Waals surface area contributed by atoms with Gasteiger partial charge in [-0.05, 0) is 183 Å². The van der Waals surface area contributed by atoms with Crippen LogP contribution in [0.5, 0.6) is 0 Å². The van der Waals surface area contributed by atoms with E-state index in [1.54, 1.807) is 0 Å². The smallest absolute Gasteiger partial charge is 0.137 e. The molecule has 0 bridgehead atoms. The van der Waals surface area contributed by atoms with Gasteiger partial charge < -0.3 is 18.6 Å². The lowest BCUT2D eigenvalue weighted by atomic mass is 9.86. The zero-order valence-electron chi connectivity index (χ0n) is 46.9. The minimum atomic E-state index is 0.796. The third-order valence-electron chi connectivity index (χ3n) is 15.8. The lowest BCUT2D eigenvalue weighted by Gasteiger charge is -2.26. The molecule has 0 saturated carbocycles. The van der Waals surface area contributed by atoms with Crippen LogP contribution in [0.3, 0.4) is 0 Å². The number of imidazole rings is 2. The molecule has 9 aromatic carbocycles. The van der Waals surface area contributed by atoms with Gasteiger partial charge in [-0.2, -0.15) is 0 Å². The van der Waals surface area contributed by atoms with E-state index in [9.17, 15) is 0 Å². The van der Waals surface area contributed by atoms with E-state index in [0.29, 0.717) is 0 Å². The topological polar surface area (TPSA) is 66.9 Å². The molecule has 5 heterocycles. The molecule has 0 spiro atoms. The third kappa shape index (κ3) is 9.66. The molecule has 0 unspecified atom stereocenters. The Morgan fingerprint density at radius 2 is 0.687 bits per heavy atom. The van der Waals surface area contributed by atoms with Crippen LogP contribution >= 0.6 is 0 Å². The normalized spacial score (nSPS) is 11.4. The highest BCUT2D eigenvalue weighted by Crippen LogP contribution is 2.44. The molecule has 8 heteroatoms. The molecule has 0 atom stereocenters. The fraction of sp³-hybridized carbons (Fsp3) is 0.0667. The van der Waals surface area contributed by atoms with Gasteiger partial charge in [0, 0.05) is 81.2 Å². The summed E-state index contributed by atoms with van der Waals surface area (Å²) in [6.07, 6.45) is 8.22. The molecule has 83 heavy (non-hydrogen) atoms. The van der Waals surface area contributed by atoms with E-state index in [1.807, 2.05) is 48.8 Å². The van der Waals surface area contributed by atoms with Crippen molar-refractivity contribution in [3.05, 3.63) is 289 Å². The third-order valence-corrected chi connectivity index (χ3v) is 15.8. The zero-order chi connectivity index (χ0) is 56.1. The molecule has 0 aliphatic heterocycles. The largest absolute Gasteiger partial charge is 0.311 e. The molecule has 398 valence electrons. The Kier molecular flexibility index (Phi) is 12.8. The van der Waals surface area contributed by atoms with Gasteiger partial charge in [0.25, 0.3) is 0 Å². The van der Waals surface area contributed by atoms with Gasteiger partial charge in [-0.3, -0.25) is 0 Å². The maximum absolute atomic E-state index is 5.70. The van der Waals surface area contributed by atoms with Gasteiger partial charge in [-0.15, -0.1) is 0 Å². The molecular weight excluding hydrogens is 1010 g/mol. The van der Waals surface area contributed by atoms with Crippen LogP contribution in [0.4, 0.5) is 34.1 Å². The Bertz CT molecular complexity index is 4610. The van der Waals surface area contributed by atoms with Gasteiger partial charge in [0.1, 0.15) is 11.3 Å². The van der Waals surface area contributed by atoms with Crippen molar-refractivity contribution in [1.29, 1.82) is 0 Å². The Labute approximate surface area is 483 Å². The quantitative estimate of drug-likeness (QED) is 0.121. The van der Waals surface area contributed by atoms with Crippen LogP contribution in [0.25, 0.3) is 89.6 Å². The summed E-state index contributed by atoms with van der Waals surface area (Å²) < 4.78 is 4.11. The number of pyridine rings is 2. The summed E-state index contributed by atoms with van der Waals surface area (Å²) in [4.78, 5) is 25.8. The molecule has 0 aliphatic rings. The number of para-hydroxylation sites is 2. The zero-order valence-corrected chi connectivity index (χ0v) is 46.9. The van der Waals surface area contributed by atoms with Crippen molar-refractivity contribution in [2.45, 2.75) is 34.6 Å². The van der Waals surface area contributed by atoms with Crippen molar-refractivity contribution in [1.82, 2.24) is 28.7 Å². The number of benzene rings is 9. The first-order valence-corrected chi connectivity index (χ1v) is 28.2. The first kappa shape index (κ1) is 50.5. The maximum atomic E-state index is 5.70. The number of aryl methyl sites for hydroxylation is 5. The van der Waals surface area contributed by atoms with Gasteiger partial charge in [-0.1, -0.05) is 139 Å². The molecule has 0 fully saturated rings. The number of fused-ring (bicyclic) bond motifs is 3. The maximum Gasteiger partial charge on any atom is 0.137 e. The van der Waals surface area contributed by atoms with E-state index in [-0.39, 0.29) is 0 Å². The van der Waals surface area contributed by atoms with E-state index in [0.717, 1.165) is 113 Å². The van der Waals surface area contributed by atoms with Crippen LogP contribution in [0.1, 0.15) is 27.8 Å². The molecule has 0 saturated heterocycles. The first-order chi connectivity index (χ1) is 40.6. The standard InChI is InChI=1S/C75H58N8/c1-49-22-39-64(51(3)42-49)65-45-67-68(46-66(65)73-52(4)43-50(2)44-53(73)5)79-75(57-29-37-63(38-30-57)83(59-18-10-7-11-19-59)61-33-25-55(26-34-61)70-48-81-41-15-13-21-72(81)77-70)74(78-67)56-27-35-62(36-28-56)82(58-16-8-6-9-17-58)60-31-23-54(24-32-60)69-47-80-40-14-12-20-71(80)76-69/h6-48H,1-5H3. The Morgan fingerprint density at radius 3 is 1.11 bits per heavy atom. The first-order valence-electron chi connectivity index (χ1n) is 28.2. The Hall–Kier alpha value is -10.7. The molecule has 5 aromatic heterocycles. The molecule has 0 amide bonds. The van der Waals surface area contributed by atoms with Crippen LogP contribution < -0.4 is 9.80 Å². The van der Waals surface area contributed by atoms with Gasteiger partial charge >= 0.3 is 0 Å². The van der Waals surface area contributed by atoms with E-state index in [1.165, 1.54) is 38.9 Å². The molecule has 8 nitrogen and oxygen atoms in total.